The molecule has 1 N–H and O–H groups in total. The normalized spacial score (nSPS) is 16.3. The van der Waals surface area contributed by atoms with Crippen molar-refractivity contribution in [3.05, 3.63) is 24.3 Å². The van der Waals surface area contributed by atoms with Gasteiger partial charge in [0.05, 0.1) is 0 Å². The van der Waals surface area contributed by atoms with Crippen LogP contribution in [0.1, 0.15) is 20.8 Å². The van der Waals surface area contributed by atoms with Crippen molar-refractivity contribution < 1.29 is 19.4 Å². The van der Waals surface area contributed by atoms with Gasteiger partial charge in [0.2, 0.25) is 5.91 Å². The summed E-state index contributed by atoms with van der Waals surface area (Å²) in [5.41, 5.74) is 0. The quantitative estimate of drug-likeness (QED) is 0.912. The highest BCUT2D eigenvalue weighted by atomic mass is 16.5. The van der Waals surface area contributed by atoms with Gasteiger partial charge in [0, 0.05) is 32.1 Å². The molecular weight excluding hydrogens is 296 g/mol. The van der Waals surface area contributed by atoms with Crippen LogP contribution in [-0.2, 0) is 9.59 Å². The van der Waals surface area contributed by atoms with E-state index < -0.39 is 6.10 Å². The second-order valence-corrected chi connectivity index (χ2v) is 6.06. The number of benzene rings is 1. The predicted octanol–water partition coefficient (Wildman–Crippen LogP) is 1.49. The minimum atomic E-state index is -0.605. The van der Waals surface area contributed by atoms with Crippen molar-refractivity contribution in [3.63, 3.8) is 0 Å². The van der Waals surface area contributed by atoms with Crippen LogP contribution in [0.25, 0.3) is 0 Å². The molecule has 1 aromatic rings. The zero-order valence-electron chi connectivity index (χ0n) is 13.9. The molecule has 2 rings (SSSR count). The molecular formula is C17H24N2O4. The van der Waals surface area contributed by atoms with Gasteiger partial charge < -0.3 is 19.6 Å². The van der Waals surface area contributed by atoms with E-state index in [0.29, 0.717) is 31.9 Å². The Labute approximate surface area is 136 Å². The molecule has 0 radical (unpaired) electrons. The first-order valence-corrected chi connectivity index (χ1v) is 7.91. The van der Waals surface area contributed by atoms with Crippen molar-refractivity contribution in [1.29, 1.82) is 0 Å². The molecule has 2 amide bonds. The molecule has 0 aromatic heterocycles. The molecule has 1 aliphatic heterocycles. The van der Waals surface area contributed by atoms with Crippen molar-refractivity contribution in [3.8, 4) is 11.5 Å². The third-order valence-corrected chi connectivity index (χ3v) is 3.89. The second kappa shape index (κ2) is 7.35. The Bertz CT molecular complexity index is 548. The van der Waals surface area contributed by atoms with Crippen LogP contribution in [0.4, 0.5) is 0 Å². The standard InChI is InChI=1S/C17H24N2O4/c1-12(2)16(21)18-8-10-19(11-9-18)17(22)13(3)23-15-6-4-14(20)5-7-15/h4-7,12-13,20H,8-11H2,1-3H3. The summed E-state index contributed by atoms with van der Waals surface area (Å²) < 4.78 is 5.61. The van der Waals surface area contributed by atoms with Crippen LogP contribution in [0.3, 0.4) is 0 Å². The van der Waals surface area contributed by atoms with Gasteiger partial charge in [0.1, 0.15) is 11.5 Å². The number of ether oxygens (including phenoxy) is 1. The molecule has 0 spiro atoms. The summed E-state index contributed by atoms with van der Waals surface area (Å²) in [5.74, 6) is 0.716. The number of phenolic OH excluding ortho intramolecular Hbond substituents is 1. The number of carbonyl (C=O) groups excluding carboxylic acids is 2. The molecule has 1 heterocycles. The van der Waals surface area contributed by atoms with E-state index in [4.69, 9.17) is 4.74 Å². The average Bonchev–Trinajstić information content (AvgIpc) is 2.55. The number of phenols is 1. The Balaban J connectivity index is 1.86. The molecule has 6 nitrogen and oxygen atoms in total. The van der Waals surface area contributed by atoms with Crippen molar-refractivity contribution >= 4 is 11.8 Å². The number of rotatable bonds is 4. The summed E-state index contributed by atoms with van der Waals surface area (Å²) in [6.07, 6.45) is -0.605. The maximum absolute atomic E-state index is 12.4. The minimum Gasteiger partial charge on any atom is -0.508 e. The first-order valence-electron chi connectivity index (χ1n) is 7.91. The number of hydrogen-bond donors (Lipinski definition) is 1. The van der Waals surface area contributed by atoms with Gasteiger partial charge >= 0.3 is 0 Å². The monoisotopic (exact) mass is 320 g/mol. The lowest BCUT2D eigenvalue weighted by Gasteiger charge is -2.36. The molecule has 0 bridgehead atoms. The van der Waals surface area contributed by atoms with E-state index in [1.165, 1.54) is 12.1 Å². The topological polar surface area (TPSA) is 70.1 Å². The fraction of sp³-hybridized carbons (Fsp3) is 0.529. The number of hydrogen-bond acceptors (Lipinski definition) is 4. The zero-order chi connectivity index (χ0) is 17.0. The molecule has 1 fully saturated rings. The molecule has 0 saturated carbocycles. The van der Waals surface area contributed by atoms with Crippen LogP contribution in [0.15, 0.2) is 24.3 Å². The van der Waals surface area contributed by atoms with Crippen LogP contribution in [0.5, 0.6) is 11.5 Å². The van der Waals surface area contributed by atoms with Crippen LogP contribution < -0.4 is 4.74 Å². The van der Waals surface area contributed by atoms with Crippen LogP contribution >= 0.6 is 0 Å². The van der Waals surface area contributed by atoms with Gasteiger partial charge in [0.15, 0.2) is 6.10 Å². The molecule has 1 aliphatic rings. The summed E-state index contributed by atoms with van der Waals surface area (Å²) in [6, 6.07) is 6.28. The lowest BCUT2D eigenvalue weighted by molar-refractivity contribution is -0.144. The van der Waals surface area contributed by atoms with E-state index in [0.717, 1.165) is 0 Å². The van der Waals surface area contributed by atoms with E-state index in [1.807, 2.05) is 13.8 Å². The van der Waals surface area contributed by atoms with E-state index in [2.05, 4.69) is 0 Å². The van der Waals surface area contributed by atoms with E-state index in [1.54, 1.807) is 28.9 Å². The maximum atomic E-state index is 12.4. The summed E-state index contributed by atoms with van der Waals surface area (Å²) in [7, 11) is 0. The first-order chi connectivity index (χ1) is 10.9. The van der Waals surface area contributed by atoms with Gasteiger partial charge in [-0.15, -0.1) is 0 Å². The van der Waals surface area contributed by atoms with Gasteiger partial charge in [-0.3, -0.25) is 9.59 Å². The van der Waals surface area contributed by atoms with Crippen LogP contribution in [-0.4, -0.2) is 59.0 Å². The first kappa shape index (κ1) is 17.1. The van der Waals surface area contributed by atoms with Crippen molar-refractivity contribution in [2.75, 3.05) is 26.2 Å². The minimum absolute atomic E-state index is 0.0194. The molecule has 1 aromatic carbocycles. The van der Waals surface area contributed by atoms with Crippen LogP contribution in [0.2, 0.25) is 0 Å². The van der Waals surface area contributed by atoms with E-state index in [9.17, 15) is 14.7 Å². The highest BCUT2D eigenvalue weighted by Gasteiger charge is 2.28. The van der Waals surface area contributed by atoms with Crippen LogP contribution in [0, 0.1) is 5.92 Å². The van der Waals surface area contributed by atoms with Gasteiger partial charge in [-0.2, -0.15) is 0 Å². The number of nitrogens with zero attached hydrogens (tertiary/aromatic N) is 2. The van der Waals surface area contributed by atoms with Crippen molar-refractivity contribution in [2.24, 2.45) is 5.92 Å². The van der Waals surface area contributed by atoms with Gasteiger partial charge in [-0.25, -0.2) is 0 Å². The second-order valence-electron chi connectivity index (χ2n) is 6.06. The molecule has 0 aliphatic carbocycles. The number of amides is 2. The zero-order valence-corrected chi connectivity index (χ0v) is 13.9. The Kier molecular flexibility index (Phi) is 5.47. The predicted molar refractivity (Wildman–Crippen MR) is 86.2 cm³/mol. The number of aromatic hydroxyl groups is 1. The third kappa shape index (κ3) is 4.37. The van der Waals surface area contributed by atoms with Crippen molar-refractivity contribution in [1.82, 2.24) is 9.80 Å². The highest BCUT2D eigenvalue weighted by Crippen LogP contribution is 2.18. The SMILES string of the molecule is CC(C)C(=O)N1CCN(C(=O)C(C)Oc2ccc(O)cc2)CC1. The largest absolute Gasteiger partial charge is 0.508 e. The van der Waals surface area contributed by atoms with Gasteiger partial charge in [0.25, 0.3) is 5.91 Å². The molecule has 23 heavy (non-hydrogen) atoms. The van der Waals surface area contributed by atoms with Gasteiger partial charge in [-0.05, 0) is 31.2 Å². The Morgan fingerprint density at radius 3 is 1.91 bits per heavy atom. The smallest absolute Gasteiger partial charge is 0.263 e. The summed E-state index contributed by atoms with van der Waals surface area (Å²) in [5, 5.41) is 9.25. The Morgan fingerprint density at radius 1 is 0.957 bits per heavy atom. The lowest BCUT2D eigenvalue weighted by Crippen LogP contribution is -2.53. The molecule has 1 saturated heterocycles. The third-order valence-electron chi connectivity index (χ3n) is 3.89. The average molecular weight is 320 g/mol. The molecule has 126 valence electrons. The highest BCUT2D eigenvalue weighted by molar-refractivity contribution is 5.82. The van der Waals surface area contributed by atoms with E-state index >= 15 is 0 Å². The van der Waals surface area contributed by atoms with Gasteiger partial charge in [-0.1, -0.05) is 13.8 Å². The Hall–Kier alpha value is -2.24. The molecule has 1 unspecified atom stereocenters. The number of piperazine rings is 1. The summed E-state index contributed by atoms with van der Waals surface area (Å²) in [6.45, 7) is 7.66. The summed E-state index contributed by atoms with van der Waals surface area (Å²) >= 11 is 0. The van der Waals surface area contributed by atoms with Crippen molar-refractivity contribution in [2.45, 2.75) is 26.9 Å². The fourth-order valence-electron chi connectivity index (χ4n) is 2.55. The number of carbonyl (C=O) groups is 2. The lowest BCUT2D eigenvalue weighted by atomic mass is 10.1. The van der Waals surface area contributed by atoms with E-state index in [-0.39, 0.29) is 23.5 Å². The summed E-state index contributed by atoms with van der Waals surface area (Å²) in [4.78, 5) is 27.9. The fourth-order valence-corrected chi connectivity index (χ4v) is 2.55. The maximum Gasteiger partial charge on any atom is 0.263 e. The Morgan fingerprint density at radius 2 is 1.43 bits per heavy atom. The molecule has 6 heteroatoms. The molecule has 1 atom stereocenters.